The zero-order valence-corrected chi connectivity index (χ0v) is 12.0. The molecule has 3 nitrogen and oxygen atoms in total. The van der Waals surface area contributed by atoms with Crippen LogP contribution >= 0.6 is 0 Å². The summed E-state index contributed by atoms with van der Waals surface area (Å²) < 4.78 is 5.38. The normalized spacial score (nSPS) is 12.3. The molecule has 0 radical (unpaired) electrons. The van der Waals surface area contributed by atoms with E-state index in [1.165, 1.54) is 6.07 Å². The zero-order chi connectivity index (χ0) is 14.1. The van der Waals surface area contributed by atoms with Crippen LogP contribution in [-0.4, -0.2) is 16.7 Å². The Labute approximate surface area is 109 Å². The largest absolute Gasteiger partial charge is 0.508 e. The number of hydrogen-bond donors (Lipinski definition) is 1. The van der Waals surface area contributed by atoms with Crippen molar-refractivity contribution in [1.82, 2.24) is 0 Å². The summed E-state index contributed by atoms with van der Waals surface area (Å²) in [4.78, 5) is 12.1. The van der Waals surface area contributed by atoms with Gasteiger partial charge in [0.1, 0.15) is 11.4 Å². The molecule has 0 unspecified atom stereocenters. The number of esters is 1. The average molecular weight is 250 g/mol. The molecule has 0 spiro atoms. The maximum atomic E-state index is 12.1. The van der Waals surface area contributed by atoms with Gasteiger partial charge in [-0.05, 0) is 49.9 Å². The van der Waals surface area contributed by atoms with Crippen molar-refractivity contribution < 1.29 is 14.6 Å². The molecule has 3 heteroatoms. The van der Waals surface area contributed by atoms with Crippen LogP contribution in [0.1, 0.15) is 57.5 Å². The fraction of sp³-hybridized carbons (Fsp3) is 0.533. The lowest BCUT2D eigenvalue weighted by atomic mass is 9.83. The first-order valence-electron chi connectivity index (χ1n) is 6.07. The van der Waals surface area contributed by atoms with E-state index in [0.29, 0.717) is 5.56 Å². The molecule has 0 saturated heterocycles. The first kappa shape index (κ1) is 14.6. The highest BCUT2D eigenvalue weighted by Crippen LogP contribution is 2.30. The van der Waals surface area contributed by atoms with Crippen molar-refractivity contribution in [1.29, 1.82) is 0 Å². The Kier molecular flexibility index (Phi) is 3.75. The summed E-state index contributed by atoms with van der Waals surface area (Å²) in [6, 6.07) is 4.75. The standard InChI is InChI=1S/C15H22O3/c1-14(2,3)12-9-10(16)7-8-11(12)13(17)18-15(4,5)6/h7-9,16H,1-6H3. The summed E-state index contributed by atoms with van der Waals surface area (Å²) in [5.41, 5.74) is 0.543. The van der Waals surface area contributed by atoms with Gasteiger partial charge in [-0.15, -0.1) is 0 Å². The highest BCUT2D eigenvalue weighted by atomic mass is 16.6. The van der Waals surface area contributed by atoms with Gasteiger partial charge in [-0.25, -0.2) is 4.79 Å². The number of ether oxygens (including phenoxy) is 1. The first-order valence-corrected chi connectivity index (χ1v) is 6.07. The summed E-state index contributed by atoms with van der Waals surface area (Å²) in [6.45, 7) is 11.5. The van der Waals surface area contributed by atoms with E-state index in [4.69, 9.17) is 4.74 Å². The maximum absolute atomic E-state index is 12.1. The Hall–Kier alpha value is -1.51. The lowest BCUT2D eigenvalue weighted by Gasteiger charge is -2.25. The van der Waals surface area contributed by atoms with Crippen molar-refractivity contribution in [2.75, 3.05) is 0 Å². The van der Waals surface area contributed by atoms with Gasteiger partial charge in [0.15, 0.2) is 0 Å². The number of rotatable bonds is 1. The van der Waals surface area contributed by atoms with E-state index in [0.717, 1.165) is 5.56 Å². The van der Waals surface area contributed by atoms with Gasteiger partial charge in [0, 0.05) is 0 Å². The molecule has 1 aromatic carbocycles. The van der Waals surface area contributed by atoms with E-state index in [1.54, 1.807) is 12.1 Å². The number of benzene rings is 1. The molecular formula is C15H22O3. The van der Waals surface area contributed by atoms with Crippen LogP contribution in [0.15, 0.2) is 18.2 Å². The van der Waals surface area contributed by atoms with Gasteiger partial charge in [-0.3, -0.25) is 0 Å². The Morgan fingerprint density at radius 1 is 1.11 bits per heavy atom. The molecular weight excluding hydrogens is 228 g/mol. The quantitative estimate of drug-likeness (QED) is 0.774. The van der Waals surface area contributed by atoms with Crippen molar-refractivity contribution in [2.24, 2.45) is 0 Å². The second-order valence-electron chi connectivity index (χ2n) is 6.48. The van der Waals surface area contributed by atoms with Crippen LogP contribution in [0.2, 0.25) is 0 Å². The molecule has 0 aliphatic rings. The summed E-state index contributed by atoms with van der Waals surface area (Å²) in [5, 5.41) is 9.56. The average Bonchev–Trinajstić information content (AvgIpc) is 2.13. The smallest absolute Gasteiger partial charge is 0.338 e. The van der Waals surface area contributed by atoms with E-state index >= 15 is 0 Å². The molecule has 0 atom stereocenters. The van der Waals surface area contributed by atoms with Crippen LogP contribution in [0.5, 0.6) is 5.75 Å². The third kappa shape index (κ3) is 3.76. The van der Waals surface area contributed by atoms with Gasteiger partial charge < -0.3 is 9.84 Å². The molecule has 18 heavy (non-hydrogen) atoms. The number of carbonyl (C=O) groups is 1. The molecule has 0 fully saturated rings. The van der Waals surface area contributed by atoms with Gasteiger partial charge in [0.05, 0.1) is 5.56 Å². The molecule has 0 bridgehead atoms. The van der Waals surface area contributed by atoms with Crippen molar-refractivity contribution in [3.63, 3.8) is 0 Å². The minimum absolute atomic E-state index is 0.159. The van der Waals surface area contributed by atoms with Crippen molar-refractivity contribution in [3.05, 3.63) is 29.3 Å². The highest BCUT2D eigenvalue weighted by Gasteiger charge is 2.25. The molecule has 0 aromatic heterocycles. The molecule has 0 aliphatic carbocycles. The number of phenols is 1. The third-order valence-corrected chi connectivity index (χ3v) is 2.43. The zero-order valence-electron chi connectivity index (χ0n) is 12.0. The van der Waals surface area contributed by atoms with E-state index < -0.39 is 5.60 Å². The summed E-state index contributed by atoms with van der Waals surface area (Å²) in [6.07, 6.45) is 0. The number of aromatic hydroxyl groups is 1. The SMILES string of the molecule is CC(C)(C)OC(=O)c1ccc(O)cc1C(C)(C)C. The summed E-state index contributed by atoms with van der Waals surface area (Å²) >= 11 is 0. The highest BCUT2D eigenvalue weighted by molar-refractivity contribution is 5.92. The van der Waals surface area contributed by atoms with Crippen molar-refractivity contribution in [2.45, 2.75) is 52.6 Å². The maximum Gasteiger partial charge on any atom is 0.338 e. The monoisotopic (exact) mass is 250 g/mol. The topological polar surface area (TPSA) is 46.5 Å². The number of carbonyl (C=O) groups excluding carboxylic acids is 1. The van der Waals surface area contributed by atoms with Crippen LogP contribution < -0.4 is 0 Å². The molecule has 0 heterocycles. The van der Waals surface area contributed by atoms with Gasteiger partial charge in [-0.2, -0.15) is 0 Å². The summed E-state index contributed by atoms with van der Waals surface area (Å²) in [5.74, 6) is -0.195. The van der Waals surface area contributed by atoms with Crippen LogP contribution in [0.25, 0.3) is 0 Å². The van der Waals surface area contributed by atoms with Crippen LogP contribution in [0.3, 0.4) is 0 Å². The fourth-order valence-electron chi connectivity index (χ4n) is 1.66. The second kappa shape index (κ2) is 4.63. The van der Waals surface area contributed by atoms with E-state index in [2.05, 4.69) is 0 Å². The van der Waals surface area contributed by atoms with Crippen molar-refractivity contribution in [3.8, 4) is 5.75 Å². The predicted octanol–water partition coefficient (Wildman–Crippen LogP) is 3.65. The molecule has 100 valence electrons. The third-order valence-electron chi connectivity index (χ3n) is 2.43. The first-order chi connectivity index (χ1) is 8.00. The second-order valence-corrected chi connectivity index (χ2v) is 6.48. The van der Waals surface area contributed by atoms with E-state index in [-0.39, 0.29) is 17.1 Å². The predicted molar refractivity (Wildman–Crippen MR) is 72.0 cm³/mol. The summed E-state index contributed by atoms with van der Waals surface area (Å²) in [7, 11) is 0. The fourth-order valence-corrected chi connectivity index (χ4v) is 1.66. The van der Waals surface area contributed by atoms with Crippen LogP contribution in [0, 0.1) is 0 Å². The van der Waals surface area contributed by atoms with Gasteiger partial charge >= 0.3 is 5.97 Å². The lowest BCUT2D eigenvalue weighted by molar-refractivity contribution is 0.00670. The number of phenolic OH excluding ortho intramolecular Hbond substituents is 1. The molecule has 0 amide bonds. The Morgan fingerprint density at radius 3 is 2.11 bits per heavy atom. The van der Waals surface area contributed by atoms with Crippen LogP contribution in [0.4, 0.5) is 0 Å². The molecule has 1 N–H and O–H groups in total. The Bertz CT molecular complexity index is 448. The molecule has 1 rings (SSSR count). The number of hydrogen-bond acceptors (Lipinski definition) is 3. The minimum Gasteiger partial charge on any atom is -0.508 e. The minimum atomic E-state index is -0.524. The van der Waals surface area contributed by atoms with Gasteiger partial charge in [0.2, 0.25) is 0 Å². The molecule has 1 aromatic rings. The Morgan fingerprint density at radius 2 is 1.67 bits per heavy atom. The van der Waals surface area contributed by atoms with E-state index in [9.17, 15) is 9.90 Å². The van der Waals surface area contributed by atoms with E-state index in [1.807, 2.05) is 41.5 Å². The van der Waals surface area contributed by atoms with Crippen molar-refractivity contribution >= 4 is 5.97 Å². The van der Waals surface area contributed by atoms with Crippen LogP contribution in [-0.2, 0) is 10.2 Å². The van der Waals surface area contributed by atoms with Gasteiger partial charge in [-0.1, -0.05) is 20.8 Å². The Balaban J connectivity index is 3.21. The molecule has 0 aliphatic heterocycles. The lowest BCUT2D eigenvalue weighted by Crippen LogP contribution is -2.26. The van der Waals surface area contributed by atoms with Gasteiger partial charge in [0.25, 0.3) is 0 Å². The molecule has 0 saturated carbocycles.